The lowest BCUT2D eigenvalue weighted by Gasteiger charge is -2.26. The molecule has 0 saturated carbocycles. The number of benzene rings is 2. The van der Waals surface area contributed by atoms with E-state index in [1.165, 1.54) is 11.1 Å². The molecule has 1 atom stereocenters. The zero-order valence-corrected chi connectivity index (χ0v) is 14.1. The van der Waals surface area contributed by atoms with Crippen LogP contribution in [0.15, 0.2) is 53.4 Å². The Labute approximate surface area is 141 Å². The molecule has 0 bridgehead atoms. The van der Waals surface area contributed by atoms with Crippen molar-refractivity contribution in [3.8, 4) is 5.75 Å². The van der Waals surface area contributed by atoms with Crippen LogP contribution in [0.4, 0.5) is 0 Å². The van der Waals surface area contributed by atoms with Gasteiger partial charge < -0.3 is 10.1 Å². The maximum atomic E-state index is 12.3. The van der Waals surface area contributed by atoms with E-state index in [0.29, 0.717) is 5.75 Å². The Kier molecular flexibility index (Phi) is 5.23. The fourth-order valence-corrected chi connectivity index (χ4v) is 3.67. The van der Waals surface area contributed by atoms with E-state index in [1.807, 2.05) is 24.3 Å². The van der Waals surface area contributed by atoms with E-state index in [9.17, 15) is 4.79 Å². The Bertz CT molecular complexity index is 669. The summed E-state index contributed by atoms with van der Waals surface area (Å²) in [5, 5.41) is 3.18. The summed E-state index contributed by atoms with van der Waals surface area (Å²) in [4.78, 5) is 13.3. The van der Waals surface area contributed by atoms with E-state index < -0.39 is 0 Å². The zero-order chi connectivity index (χ0) is 16.1. The van der Waals surface area contributed by atoms with Gasteiger partial charge in [-0.05, 0) is 54.7 Å². The Hall–Kier alpha value is -1.94. The molecule has 0 spiro atoms. The van der Waals surface area contributed by atoms with Crippen molar-refractivity contribution in [2.45, 2.75) is 30.2 Å². The number of fused-ring (bicyclic) bond motifs is 1. The quantitative estimate of drug-likeness (QED) is 0.844. The van der Waals surface area contributed by atoms with Crippen LogP contribution in [0.5, 0.6) is 5.75 Å². The number of amides is 1. The third kappa shape index (κ3) is 4.08. The molecule has 0 aromatic heterocycles. The average Bonchev–Trinajstić information content (AvgIpc) is 2.61. The topological polar surface area (TPSA) is 38.3 Å². The van der Waals surface area contributed by atoms with E-state index in [-0.39, 0.29) is 11.9 Å². The van der Waals surface area contributed by atoms with Crippen molar-refractivity contribution < 1.29 is 9.53 Å². The molecule has 0 fully saturated rings. The average molecular weight is 327 g/mol. The largest absolute Gasteiger partial charge is 0.497 e. The van der Waals surface area contributed by atoms with E-state index in [0.717, 1.165) is 29.9 Å². The van der Waals surface area contributed by atoms with Gasteiger partial charge in [-0.25, -0.2) is 0 Å². The monoisotopic (exact) mass is 327 g/mol. The molecule has 120 valence electrons. The molecule has 4 heteroatoms. The summed E-state index contributed by atoms with van der Waals surface area (Å²) in [6, 6.07) is 16.4. The molecule has 0 radical (unpaired) electrons. The first kappa shape index (κ1) is 15.9. The molecule has 0 aliphatic heterocycles. The number of methoxy groups -OCH3 is 1. The fourth-order valence-electron chi connectivity index (χ4n) is 2.96. The predicted molar refractivity (Wildman–Crippen MR) is 94.0 cm³/mol. The number of thioether (sulfide) groups is 1. The van der Waals surface area contributed by atoms with Gasteiger partial charge in [-0.1, -0.05) is 24.3 Å². The maximum Gasteiger partial charge on any atom is 0.230 e. The Balaban J connectivity index is 1.55. The molecule has 1 N–H and O–H groups in total. The SMILES string of the molecule is COc1ccc(SCC(=O)N[C@@H]2CCCc3ccccc32)cc1. The lowest BCUT2D eigenvalue weighted by molar-refractivity contribution is -0.119. The third-order valence-corrected chi connectivity index (χ3v) is 5.15. The van der Waals surface area contributed by atoms with Crippen molar-refractivity contribution in [1.82, 2.24) is 5.32 Å². The maximum absolute atomic E-state index is 12.3. The van der Waals surface area contributed by atoms with Crippen molar-refractivity contribution >= 4 is 17.7 Å². The lowest BCUT2D eigenvalue weighted by atomic mass is 9.88. The number of hydrogen-bond donors (Lipinski definition) is 1. The molecule has 1 aliphatic carbocycles. The van der Waals surface area contributed by atoms with Crippen molar-refractivity contribution in [1.29, 1.82) is 0 Å². The smallest absolute Gasteiger partial charge is 0.230 e. The zero-order valence-electron chi connectivity index (χ0n) is 13.2. The minimum absolute atomic E-state index is 0.0903. The molecule has 2 aromatic rings. The second-order valence-electron chi connectivity index (χ2n) is 5.68. The summed E-state index contributed by atoms with van der Waals surface area (Å²) in [5.41, 5.74) is 2.65. The van der Waals surface area contributed by atoms with Crippen LogP contribution in [0.2, 0.25) is 0 Å². The predicted octanol–water partition coefficient (Wildman–Crippen LogP) is 3.98. The van der Waals surface area contributed by atoms with Crippen LogP contribution in [-0.4, -0.2) is 18.8 Å². The normalized spacial score (nSPS) is 16.5. The van der Waals surface area contributed by atoms with Crippen molar-refractivity contribution in [3.63, 3.8) is 0 Å². The first-order valence-electron chi connectivity index (χ1n) is 7.90. The second-order valence-corrected chi connectivity index (χ2v) is 6.72. The van der Waals surface area contributed by atoms with Crippen LogP contribution in [0.1, 0.15) is 30.0 Å². The highest BCUT2D eigenvalue weighted by Crippen LogP contribution is 2.29. The molecule has 0 unspecified atom stereocenters. The van der Waals surface area contributed by atoms with Crippen LogP contribution in [0.25, 0.3) is 0 Å². The van der Waals surface area contributed by atoms with Crippen LogP contribution in [0.3, 0.4) is 0 Å². The summed E-state index contributed by atoms with van der Waals surface area (Å²) < 4.78 is 5.14. The van der Waals surface area contributed by atoms with E-state index in [1.54, 1.807) is 18.9 Å². The van der Waals surface area contributed by atoms with Gasteiger partial charge >= 0.3 is 0 Å². The van der Waals surface area contributed by atoms with Gasteiger partial charge in [-0.15, -0.1) is 11.8 Å². The van der Waals surface area contributed by atoms with Gasteiger partial charge in [0.1, 0.15) is 5.75 Å². The Morgan fingerprint density at radius 3 is 2.78 bits per heavy atom. The molecular weight excluding hydrogens is 306 g/mol. The summed E-state index contributed by atoms with van der Waals surface area (Å²) in [5.74, 6) is 1.36. The molecule has 0 saturated heterocycles. The molecule has 2 aromatic carbocycles. The van der Waals surface area contributed by atoms with E-state index >= 15 is 0 Å². The third-order valence-electron chi connectivity index (χ3n) is 4.13. The van der Waals surface area contributed by atoms with Gasteiger partial charge in [0.2, 0.25) is 5.91 Å². The number of hydrogen-bond acceptors (Lipinski definition) is 3. The molecular formula is C19H21NO2S. The number of rotatable bonds is 5. The van der Waals surface area contributed by atoms with Crippen molar-refractivity contribution in [3.05, 3.63) is 59.7 Å². The first-order valence-corrected chi connectivity index (χ1v) is 8.89. The van der Waals surface area contributed by atoms with Crippen LogP contribution < -0.4 is 10.1 Å². The lowest BCUT2D eigenvalue weighted by Crippen LogP contribution is -2.32. The van der Waals surface area contributed by atoms with Crippen molar-refractivity contribution in [2.24, 2.45) is 0 Å². The standard InChI is InChI=1S/C19H21NO2S/c1-22-15-9-11-16(12-10-15)23-13-19(21)20-18-8-4-6-14-5-2-3-7-17(14)18/h2-3,5,7,9-12,18H,4,6,8,13H2,1H3,(H,20,21)/t18-/m1/s1. The summed E-state index contributed by atoms with van der Waals surface area (Å²) in [6.45, 7) is 0. The highest BCUT2D eigenvalue weighted by atomic mass is 32.2. The minimum atomic E-state index is 0.0903. The first-order chi connectivity index (χ1) is 11.3. The van der Waals surface area contributed by atoms with Gasteiger partial charge in [-0.3, -0.25) is 4.79 Å². The summed E-state index contributed by atoms with van der Waals surface area (Å²) in [7, 11) is 1.65. The summed E-state index contributed by atoms with van der Waals surface area (Å²) >= 11 is 1.55. The number of carbonyl (C=O) groups excluding carboxylic acids is 1. The van der Waals surface area contributed by atoms with Gasteiger partial charge in [0.25, 0.3) is 0 Å². The second kappa shape index (κ2) is 7.55. The van der Waals surface area contributed by atoms with Crippen molar-refractivity contribution in [2.75, 3.05) is 12.9 Å². The minimum Gasteiger partial charge on any atom is -0.497 e. The van der Waals surface area contributed by atoms with Gasteiger partial charge in [-0.2, -0.15) is 0 Å². The molecule has 0 heterocycles. The van der Waals surface area contributed by atoms with Gasteiger partial charge in [0.15, 0.2) is 0 Å². The number of nitrogens with one attached hydrogen (secondary N) is 1. The highest BCUT2D eigenvalue weighted by Gasteiger charge is 2.21. The van der Waals surface area contributed by atoms with E-state index in [2.05, 4.69) is 29.6 Å². The molecule has 3 rings (SSSR count). The Morgan fingerprint density at radius 1 is 1.22 bits per heavy atom. The number of aryl methyl sites for hydroxylation is 1. The van der Waals surface area contributed by atoms with E-state index in [4.69, 9.17) is 4.74 Å². The molecule has 23 heavy (non-hydrogen) atoms. The van der Waals surface area contributed by atoms with Gasteiger partial charge in [0, 0.05) is 4.90 Å². The van der Waals surface area contributed by atoms with Crippen LogP contribution >= 0.6 is 11.8 Å². The van der Waals surface area contributed by atoms with Gasteiger partial charge in [0.05, 0.1) is 18.9 Å². The Morgan fingerprint density at radius 2 is 2.00 bits per heavy atom. The molecule has 3 nitrogen and oxygen atoms in total. The number of carbonyl (C=O) groups is 1. The highest BCUT2D eigenvalue weighted by molar-refractivity contribution is 8.00. The summed E-state index contributed by atoms with van der Waals surface area (Å²) in [6.07, 6.45) is 3.27. The number of ether oxygens (including phenoxy) is 1. The molecule has 1 amide bonds. The van der Waals surface area contributed by atoms with Crippen LogP contribution in [-0.2, 0) is 11.2 Å². The molecule has 1 aliphatic rings. The fraction of sp³-hybridized carbons (Fsp3) is 0.316. The van der Waals surface area contributed by atoms with Crippen LogP contribution in [0, 0.1) is 0 Å².